The SMILES string of the molecule is CCc1c(-c2ccccn2)nc2cc(F)cc(F)c2c1Cl.CCc1c(Cl)nc2cc(F)cc(F)c2c1Cl. The van der Waals surface area contributed by atoms with Crippen molar-refractivity contribution in [1.29, 1.82) is 0 Å². The second-order valence-corrected chi connectivity index (χ2v) is 9.05. The summed E-state index contributed by atoms with van der Waals surface area (Å²) in [6.07, 6.45) is 2.75. The van der Waals surface area contributed by atoms with Crippen LogP contribution in [0, 0.1) is 23.3 Å². The van der Waals surface area contributed by atoms with Gasteiger partial charge in [-0.15, -0.1) is 0 Å². The molecule has 0 radical (unpaired) electrons. The zero-order chi connectivity index (χ0) is 26.9. The van der Waals surface area contributed by atoms with Crippen LogP contribution in [0.25, 0.3) is 33.2 Å². The van der Waals surface area contributed by atoms with Crippen molar-refractivity contribution in [3.63, 3.8) is 0 Å². The van der Waals surface area contributed by atoms with E-state index >= 15 is 0 Å². The highest BCUT2D eigenvalue weighted by molar-refractivity contribution is 6.39. The number of nitrogens with zero attached hydrogens (tertiary/aromatic N) is 3. The number of aromatic nitrogens is 3. The Kier molecular flexibility index (Phi) is 8.17. The van der Waals surface area contributed by atoms with Crippen molar-refractivity contribution >= 4 is 56.6 Å². The van der Waals surface area contributed by atoms with Gasteiger partial charge >= 0.3 is 0 Å². The van der Waals surface area contributed by atoms with Crippen molar-refractivity contribution in [1.82, 2.24) is 15.0 Å². The van der Waals surface area contributed by atoms with Crippen LogP contribution in [-0.2, 0) is 12.8 Å². The molecule has 3 heterocycles. The molecule has 0 saturated carbocycles. The molecule has 0 bridgehead atoms. The van der Waals surface area contributed by atoms with Crippen molar-refractivity contribution in [2.75, 3.05) is 0 Å². The predicted octanol–water partition coefficient (Wildman–Crippen LogP) is 9.17. The fourth-order valence-corrected chi connectivity index (χ4v) is 5.11. The number of halogens is 7. The van der Waals surface area contributed by atoms with E-state index in [9.17, 15) is 17.6 Å². The van der Waals surface area contributed by atoms with Gasteiger partial charge in [-0.2, -0.15) is 0 Å². The van der Waals surface area contributed by atoms with E-state index in [4.69, 9.17) is 34.8 Å². The molecule has 0 unspecified atom stereocenters. The van der Waals surface area contributed by atoms with Gasteiger partial charge in [0.1, 0.15) is 28.4 Å². The summed E-state index contributed by atoms with van der Waals surface area (Å²) >= 11 is 18.2. The number of hydrogen-bond acceptors (Lipinski definition) is 3. The van der Waals surface area contributed by atoms with Crippen molar-refractivity contribution < 1.29 is 17.6 Å². The highest BCUT2D eigenvalue weighted by Gasteiger charge is 2.18. The van der Waals surface area contributed by atoms with Crippen LogP contribution in [0.2, 0.25) is 15.2 Å². The fraction of sp³-hybridized carbons (Fsp3) is 0.148. The number of benzene rings is 2. The second-order valence-electron chi connectivity index (χ2n) is 7.93. The average Bonchev–Trinajstić information content (AvgIpc) is 2.84. The largest absolute Gasteiger partial charge is 0.255 e. The van der Waals surface area contributed by atoms with Crippen LogP contribution in [0.4, 0.5) is 17.6 Å². The molecular formula is C27H18Cl3F4N3. The summed E-state index contributed by atoms with van der Waals surface area (Å²) in [6.45, 7) is 3.74. The van der Waals surface area contributed by atoms with Crippen LogP contribution < -0.4 is 0 Å². The summed E-state index contributed by atoms with van der Waals surface area (Å²) in [6, 6.07) is 9.29. The molecule has 5 rings (SSSR count). The molecule has 0 aliphatic heterocycles. The number of hydrogen-bond donors (Lipinski definition) is 0. The summed E-state index contributed by atoms with van der Waals surface area (Å²) < 4.78 is 53.9. The zero-order valence-corrected chi connectivity index (χ0v) is 21.8. The first-order chi connectivity index (χ1) is 17.7. The predicted molar refractivity (Wildman–Crippen MR) is 140 cm³/mol. The van der Waals surface area contributed by atoms with Gasteiger partial charge in [0, 0.05) is 36.0 Å². The molecule has 37 heavy (non-hydrogen) atoms. The van der Waals surface area contributed by atoms with Crippen molar-refractivity contribution in [2.24, 2.45) is 0 Å². The number of rotatable bonds is 3. The lowest BCUT2D eigenvalue weighted by molar-refractivity contribution is 0.590. The summed E-state index contributed by atoms with van der Waals surface area (Å²) in [5.74, 6) is -2.81. The maximum atomic E-state index is 14.0. The Morgan fingerprint density at radius 3 is 1.76 bits per heavy atom. The van der Waals surface area contributed by atoms with Gasteiger partial charge in [-0.1, -0.05) is 54.7 Å². The van der Waals surface area contributed by atoms with E-state index in [1.165, 1.54) is 6.07 Å². The average molecular weight is 567 g/mol. The first kappa shape index (κ1) is 27.0. The van der Waals surface area contributed by atoms with Crippen molar-refractivity contribution in [3.05, 3.63) is 98.3 Å². The van der Waals surface area contributed by atoms with Gasteiger partial charge in [0.25, 0.3) is 0 Å². The molecule has 0 spiro atoms. The maximum absolute atomic E-state index is 14.0. The molecule has 2 aromatic carbocycles. The highest BCUT2D eigenvalue weighted by Crippen LogP contribution is 2.35. The first-order valence-electron chi connectivity index (χ1n) is 11.2. The molecule has 3 aromatic heterocycles. The van der Waals surface area contributed by atoms with Gasteiger partial charge in [0.05, 0.1) is 43.2 Å². The maximum Gasteiger partial charge on any atom is 0.137 e. The summed E-state index contributed by atoms with van der Waals surface area (Å²) in [5, 5.41) is 0.916. The normalized spacial score (nSPS) is 11.1. The first-order valence-corrected chi connectivity index (χ1v) is 12.3. The molecule has 0 atom stereocenters. The number of pyridine rings is 3. The quantitative estimate of drug-likeness (QED) is 0.161. The van der Waals surface area contributed by atoms with Crippen LogP contribution in [0.15, 0.2) is 48.7 Å². The topological polar surface area (TPSA) is 38.7 Å². The van der Waals surface area contributed by atoms with Crippen LogP contribution in [-0.4, -0.2) is 15.0 Å². The summed E-state index contributed by atoms with van der Waals surface area (Å²) in [4.78, 5) is 12.5. The van der Waals surface area contributed by atoms with Crippen LogP contribution in [0.3, 0.4) is 0 Å². The monoisotopic (exact) mass is 565 g/mol. The molecule has 3 nitrogen and oxygen atoms in total. The third kappa shape index (κ3) is 5.35. The smallest absolute Gasteiger partial charge is 0.137 e. The van der Waals surface area contributed by atoms with Crippen LogP contribution in [0.1, 0.15) is 25.0 Å². The Bertz CT molecular complexity index is 1630. The Morgan fingerprint density at radius 1 is 0.703 bits per heavy atom. The number of fused-ring (bicyclic) bond motifs is 2. The molecule has 0 N–H and O–H groups in total. The lowest BCUT2D eigenvalue weighted by Gasteiger charge is -2.12. The molecule has 0 amide bonds. The minimum atomic E-state index is -0.723. The molecule has 5 aromatic rings. The van der Waals surface area contributed by atoms with Crippen LogP contribution >= 0.6 is 34.8 Å². The lowest BCUT2D eigenvalue weighted by atomic mass is 10.0. The van der Waals surface area contributed by atoms with E-state index < -0.39 is 23.3 Å². The third-order valence-electron chi connectivity index (χ3n) is 5.64. The Hall–Kier alpha value is -3.00. The van der Waals surface area contributed by atoms with Gasteiger partial charge in [-0.3, -0.25) is 4.98 Å². The van der Waals surface area contributed by atoms with Gasteiger partial charge in [0.15, 0.2) is 0 Å². The van der Waals surface area contributed by atoms with Gasteiger partial charge in [-0.25, -0.2) is 27.5 Å². The molecule has 0 aliphatic carbocycles. The minimum absolute atomic E-state index is 0.115. The fourth-order valence-electron chi connectivity index (χ4n) is 3.93. The minimum Gasteiger partial charge on any atom is -0.255 e. The molecule has 190 valence electrons. The molecule has 0 saturated heterocycles. The Labute approximate surface area is 225 Å². The van der Waals surface area contributed by atoms with Crippen molar-refractivity contribution in [2.45, 2.75) is 26.7 Å². The Morgan fingerprint density at radius 2 is 1.24 bits per heavy atom. The van der Waals surface area contributed by atoms with E-state index in [0.29, 0.717) is 35.4 Å². The van der Waals surface area contributed by atoms with E-state index in [-0.39, 0.29) is 37.0 Å². The van der Waals surface area contributed by atoms with E-state index in [1.807, 2.05) is 19.9 Å². The zero-order valence-electron chi connectivity index (χ0n) is 19.5. The summed E-state index contributed by atoms with van der Waals surface area (Å²) in [7, 11) is 0. The molecule has 0 fully saturated rings. The van der Waals surface area contributed by atoms with Gasteiger partial charge < -0.3 is 0 Å². The van der Waals surface area contributed by atoms with Crippen molar-refractivity contribution in [3.8, 4) is 11.4 Å². The van der Waals surface area contributed by atoms with E-state index in [2.05, 4.69) is 15.0 Å². The van der Waals surface area contributed by atoms with Gasteiger partial charge in [-0.05, 0) is 30.5 Å². The van der Waals surface area contributed by atoms with E-state index in [0.717, 1.165) is 18.2 Å². The highest BCUT2D eigenvalue weighted by atomic mass is 35.5. The standard InChI is InChI=1S/C16H11ClF2N2.C11H7Cl2F2N/c1-2-10-15(17)14-11(19)7-9(18)8-13(14)21-16(10)12-5-3-4-6-20-12;1-2-6-10(12)9-7(15)3-5(14)4-8(9)16-11(6)13/h3-8H,2H2,1H3;3-4H,2H2,1H3. The lowest BCUT2D eigenvalue weighted by Crippen LogP contribution is -1.99. The van der Waals surface area contributed by atoms with Gasteiger partial charge in [0.2, 0.25) is 0 Å². The molecule has 10 heteroatoms. The second kappa shape index (κ2) is 11.2. The Balaban J connectivity index is 0.000000180. The summed E-state index contributed by atoms with van der Waals surface area (Å²) in [5.41, 5.74) is 2.78. The van der Waals surface area contributed by atoms with Crippen LogP contribution in [0.5, 0.6) is 0 Å². The van der Waals surface area contributed by atoms with E-state index in [1.54, 1.807) is 18.3 Å². The molecular weight excluding hydrogens is 549 g/mol. The third-order valence-corrected chi connectivity index (χ3v) is 6.78. The molecule has 0 aliphatic rings.